The number of rotatable bonds is 4. The molecule has 0 spiro atoms. The molecule has 1 aliphatic rings. The molecule has 0 amide bonds. The first-order chi connectivity index (χ1) is 9.83. The molecule has 0 radical (unpaired) electrons. The molecule has 1 aromatic carbocycles. The fourth-order valence-corrected chi connectivity index (χ4v) is 2.99. The van der Waals surface area contributed by atoms with E-state index in [1.807, 2.05) is 18.5 Å². The maximum atomic E-state index is 4.18. The molecule has 1 aliphatic heterocycles. The number of benzene rings is 1. The third-order valence-electron chi connectivity index (χ3n) is 3.91. The van der Waals surface area contributed by atoms with Crippen LogP contribution in [-0.4, -0.2) is 30.0 Å². The lowest BCUT2D eigenvalue weighted by molar-refractivity contribution is 0.293. The van der Waals surface area contributed by atoms with Gasteiger partial charge in [0.2, 0.25) is 0 Å². The fraction of sp³-hybridized carbons (Fsp3) is 0.353. The average molecular weight is 267 g/mol. The van der Waals surface area contributed by atoms with Gasteiger partial charge in [0.1, 0.15) is 0 Å². The van der Waals surface area contributed by atoms with Gasteiger partial charge in [0.05, 0.1) is 0 Å². The zero-order chi connectivity index (χ0) is 13.8. The summed E-state index contributed by atoms with van der Waals surface area (Å²) in [5.41, 5.74) is 4.22. The number of nitrogens with zero attached hydrogens (tertiary/aromatic N) is 2. The molecule has 0 aliphatic carbocycles. The van der Waals surface area contributed by atoms with E-state index in [-0.39, 0.29) is 0 Å². The number of likely N-dealkylation sites (N-methyl/N-ethyl adjacent to an activating group) is 1. The first kappa shape index (κ1) is 13.3. The molecule has 1 aromatic heterocycles. The molecule has 3 heteroatoms. The topological polar surface area (TPSA) is 28.2 Å². The quantitative estimate of drug-likeness (QED) is 0.922. The summed E-state index contributed by atoms with van der Waals surface area (Å²) in [6.45, 7) is 4.08. The minimum atomic E-state index is 0.571. The van der Waals surface area contributed by atoms with E-state index in [2.05, 4.69) is 52.6 Å². The van der Waals surface area contributed by atoms with E-state index in [4.69, 9.17) is 0 Å². The van der Waals surface area contributed by atoms with Crippen molar-refractivity contribution >= 4 is 0 Å². The van der Waals surface area contributed by atoms with E-state index >= 15 is 0 Å². The highest BCUT2D eigenvalue weighted by atomic mass is 15.1. The fourth-order valence-electron chi connectivity index (χ4n) is 2.99. The van der Waals surface area contributed by atoms with Crippen molar-refractivity contribution in [1.29, 1.82) is 0 Å². The Morgan fingerprint density at radius 2 is 2.15 bits per heavy atom. The molecule has 3 nitrogen and oxygen atoms in total. The van der Waals surface area contributed by atoms with Crippen molar-refractivity contribution in [3.8, 4) is 0 Å². The van der Waals surface area contributed by atoms with Crippen LogP contribution >= 0.6 is 0 Å². The predicted molar refractivity (Wildman–Crippen MR) is 81.5 cm³/mol. The van der Waals surface area contributed by atoms with Crippen LogP contribution in [0.15, 0.2) is 48.8 Å². The second-order valence-corrected chi connectivity index (χ2v) is 5.58. The zero-order valence-corrected chi connectivity index (χ0v) is 11.9. The summed E-state index contributed by atoms with van der Waals surface area (Å²) in [4.78, 5) is 6.56. The second-order valence-electron chi connectivity index (χ2n) is 5.58. The van der Waals surface area contributed by atoms with Gasteiger partial charge in [0.25, 0.3) is 0 Å². The summed E-state index contributed by atoms with van der Waals surface area (Å²) >= 11 is 0. The molecule has 1 atom stereocenters. The highest BCUT2D eigenvalue weighted by Gasteiger charge is 2.20. The highest BCUT2D eigenvalue weighted by Crippen LogP contribution is 2.24. The molecule has 104 valence electrons. The van der Waals surface area contributed by atoms with Gasteiger partial charge in [-0.1, -0.05) is 30.3 Å². The first-order valence-corrected chi connectivity index (χ1v) is 7.19. The van der Waals surface area contributed by atoms with Crippen molar-refractivity contribution < 1.29 is 0 Å². The third-order valence-corrected chi connectivity index (χ3v) is 3.91. The molecular formula is C17H21N3. The monoisotopic (exact) mass is 267 g/mol. The lowest BCUT2D eigenvalue weighted by Crippen LogP contribution is -2.35. The second kappa shape index (κ2) is 6.16. The van der Waals surface area contributed by atoms with Crippen LogP contribution in [0.3, 0.4) is 0 Å². The van der Waals surface area contributed by atoms with E-state index in [0.29, 0.717) is 5.92 Å². The van der Waals surface area contributed by atoms with Crippen molar-refractivity contribution in [3.63, 3.8) is 0 Å². The number of hydrogen-bond acceptors (Lipinski definition) is 3. The van der Waals surface area contributed by atoms with Gasteiger partial charge >= 0.3 is 0 Å². The van der Waals surface area contributed by atoms with Crippen LogP contribution < -0.4 is 5.32 Å². The molecule has 0 saturated heterocycles. The summed E-state index contributed by atoms with van der Waals surface area (Å²) in [6, 6.07) is 12.9. The van der Waals surface area contributed by atoms with Crippen LogP contribution in [0.1, 0.15) is 22.6 Å². The summed E-state index contributed by atoms with van der Waals surface area (Å²) < 4.78 is 0. The van der Waals surface area contributed by atoms with Crippen LogP contribution in [0, 0.1) is 0 Å². The van der Waals surface area contributed by atoms with E-state index in [9.17, 15) is 0 Å². The molecule has 20 heavy (non-hydrogen) atoms. The van der Waals surface area contributed by atoms with Crippen LogP contribution in [0.25, 0.3) is 0 Å². The smallest absolute Gasteiger partial charge is 0.0312 e. The number of nitrogens with one attached hydrogen (secondary N) is 1. The molecule has 0 bridgehead atoms. The number of aromatic nitrogens is 1. The first-order valence-electron chi connectivity index (χ1n) is 7.19. The van der Waals surface area contributed by atoms with Crippen molar-refractivity contribution in [1.82, 2.24) is 15.2 Å². The Morgan fingerprint density at radius 3 is 3.00 bits per heavy atom. The molecule has 2 heterocycles. The molecule has 0 saturated carbocycles. The van der Waals surface area contributed by atoms with Crippen LogP contribution in [0.5, 0.6) is 0 Å². The third kappa shape index (κ3) is 3.06. The maximum Gasteiger partial charge on any atom is 0.0312 e. The van der Waals surface area contributed by atoms with Crippen molar-refractivity contribution in [2.24, 2.45) is 0 Å². The van der Waals surface area contributed by atoms with Crippen molar-refractivity contribution in [3.05, 3.63) is 65.5 Å². The van der Waals surface area contributed by atoms with Crippen LogP contribution in [0.4, 0.5) is 0 Å². The lowest BCUT2D eigenvalue weighted by Gasteiger charge is -2.30. The van der Waals surface area contributed by atoms with E-state index < -0.39 is 0 Å². The SMILES string of the molecule is CN(Cc1cccnc1)CC1CNCc2ccccc21. The standard InChI is InChI=1S/C17H21N3/c1-20(12-14-5-4-8-18-9-14)13-16-11-19-10-15-6-2-3-7-17(15)16/h2-9,16,19H,10-13H2,1H3. The lowest BCUT2D eigenvalue weighted by atomic mass is 9.90. The van der Waals surface area contributed by atoms with Gasteiger partial charge in [-0.15, -0.1) is 0 Å². The summed E-state index contributed by atoms with van der Waals surface area (Å²) in [5, 5.41) is 3.52. The highest BCUT2D eigenvalue weighted by molar-refractivity contribution is 5.32. The van der Waals surface area contributed by atoms with Crippen molar-refractivity contribution in [2.75, 3.05) is 20.1 Å². The Kier molecular flexibility index (Phi) is 4.09. The summed E-state index contributed by atoms with van der Waals surface area (Å²) in [7, 11) is 2.18. The Bertz CT molecular complexity index is 553. The van der Waals surface area contributed by atoms with Gasteiger partial charge in [-0.25, -0.2) is 0 Å². The molecule has 0 fully saturated rings. The van der Waals surface area contributed by atoms with Gasteiger partial charge in [0, 0.05) is 44.5 Å². The average Bonchev–Trinajstić information content (AvgIpc) is 2.48. The van der Waals surface area contributed by atoms with Gasteiger partial charge in [0.15, 0.2) is 0 Å². The minimum Gasteiger partial charge on any atom is -0.312 e. The number of hydrogen-bond donors (Lipinski definition) is 1. The Balaban J connectivity index is 1.66. The van der Waals surface area contributed by atoms with Gasteiger partial charge < -0.3 is 10.2 Å². The summed E-state index contributed by atoms with van der Waals surface area (Å²) in [6.07, 6.45) is 3.77. The van der Waals surface area contributed by atoms with Gasteiger partial charge in [-0.05, 0) is 29.8 Å². The Morgan fingerprint density at radius 1 is 1.25 bits per heavy atom. The normalized spacial score (nSPS) is 18.0. The van der Waals surface area contributed by atoms with Crippen LogP contribution in [-0.2, 0) is 13.1 Å². The maximum absolute atomic E-state index is 4.18. The van der Waals surface area contributed by atoms with E-state index in [0.717, 1.165) is 26.2 Å². The van der Waals surface area contributed by atoms with E-state index in [1.165, 1.54) is 16.7 Å². The molecule has 3 rings (SSSR count). The van der Waals surface area contributed by atoms with Gasteiger partial charge in [-0.3, -0.25) is 4.98 Å². The Hall–Kier alpha value is -1.71. The van der Waals surface area contributed by atoms with Gasteiger partial charge in [-0.2, -0.15) is 0 Å². The molecule has 1 unspecified atom stereocenters. The largest absolute Gasteiger partial charge is 0.312 e. The number of pyridine rings is 1. The molecule has 2 aromatic rings. The van der Waals surface area contributed by atoms with Crippen molar-refractivity contribution in [2.45, 2.75) is 19.0 Å². The minimum absolute atomic E-state index is 0.571. The Labute approximate surface area is 120 Å². The summed E-state index contributed by atoms with van der Waals surface area (Å²) in [5.74, 6) is 0.571. The molecule has 1 N–H and O–H groups in total. The van der Waals surface area contributed by atoms with E-state index in [1.54, 1.807) is 0 Å². The molecular weight excluding hydrogens is 246 g/mol. The van der Waals surface area contributed by atoms with Crippen LogP contribution in [0.2, 0.25) is 0 Å². The number of fused-ring (bicyclic) bond motifs is 1. The predicted octanol–water partition coefficient (Wildman–Crippen LogP) is 2.40. The zero-order valence-electron chi connectivity index (χ0n) is 11.9.